The number of carbonyl (C=O) groups excluding carboxylic acids is 1. The van der Waals surface area contributed by atoms with E-state index >= 15 is 0 Å². The van der Waals surface area contributed by atoms with E-state index in [0.717, 1.165) is 16.1 Å². The third-order valence-electron chi connectivity index (χ3n) is 2.72. The molecule has 0 atom stereocenters. The van der Waals surface area contributed by atoms with E-state index in [1.165, 1.54) is 6.07 Å². The Morgan fingerprint density at radius 2 is 2.00 bits per heavy atom. The van der Waals surface area contributed by atoms with Crippen LogP contribution in [-0.4, -0.2) is 17.3 Å². The number of hydrogen-bond donors (Lipinski definition) is 2. The molecule has 0 aliphatic heterocycles. The Balaban J connectivity index is 2.23. The van der Waals surface area contributed by atoms with E-state index in [9.17, 15) is 9.90 Å². The fraction of sp³-hybridized carbons (Fsp3) is 0.133. The maximum atomic E-state index is 12.1. The molecule has 2 aromatic rings. The van der Waals surface area contributed by atoms with Crippen LogP contribution in [0.15, 0.2) is 47.4 Å². The minimum absolute atomic E-state index is 0.0101. The summed E-state index contributed by atoms with van der Waals surface area (Å²) in [5, 5.41) is 12.5. The van der Waals surface area contributed by atoms with Gasteiger partial charge in [0.2, 0.25) is 0 Å². The highest BCUT2D eigenvalue weighted by atomic mass is 32.2. The highest BCUT2D eigenvalue weighted by molar-refractivity contribution is 7.98. The second-order valence-electron chi connectivity index (χ2n) is 4.21. The van der Waals surface area contributed by atoms with Gasteiger partial charge >= 0.3 is 0 Å². The van der Waals surface area contributed by atoms with Crippen LogP contribution in [0.2, 0.25) is 0 Å². The maximum Gasteiger partial charge on any atom is 0.259 e. The zero-order valence-corrected chi connectivity index (χ0v) is 11.6. The predicted molar refractivity (Wildman–Crippen MR) is 79.0 cm³/mol. The molecule has 2 rings (SSSR count). The Morgan fingerprint density at radius 3 is 2.74 bits per heavy atom. The molecule has 0 bridgehead atoms. The number of benzene rings is 2. The van der Waals surface area contributed by atoms with Crippen LogP contribution >= 0.6 is 11.8 Å². The number of phenolic OH excluding ortho intramolecular Hbond substituents is 1. The molecule has 0 spiro atoms. The Kier molecular flexibility index (Phi) is 4.12. The minimum atomic E-state index is -0.306. The number of carbonyl (C=O) groups is 1. The van der Waals surface area contributed by atoms with Gasteiger partial charge in [-0.3, -0.25) is 4.79 Å². The van der Waals surface area contributed by atoms with Gasteiger partial charge in [0.05, 0.1) is 5.56 Å². The number of anilines is 1. The fourth-order valence-electron chi connectivity index (χ4n) is 1.73. The summed E-state index contributed by atoms with van der Waals surface area (Å²) in [4.78, 5) is 13.2. The van der Waals surface area contributed by atoms with Crippen LogP contribution in [0.4, 0.5) is 5.69 Å². The summed E-state index contributed by atoms with van der Waals surface area (Å²) in [5.74, 6) is -0.316. The minimum Gasteiger partial charge on any atom is -0.507 e. The molecule has 0 fully saturated rings. The van der Waals surface area contributed by atoms with Gasteiger partial charge in [-0.2, -0.15) is 0 Å². The van der Waals surface area contributed by atoms with Crippen molar-refractivity contribution >= 4 is 23.4 Å². The van der Waals surface area contributed by atoms with Crippen molar-refractivity contribution in [2.24, 2.45) is 0 Å². The lowest BCUT2D eigenvalue weighted by Crippen LogP contribution is -2.12. The fourth-order valence-corrected chi connectivity index (χ4v) is 2.19. The lowest BCUT2D eigenvalue weighted by atomic mass is 10.1. The lowest BCUT2D eigenvalue weighted by Gasteiger charge is -2.08. The molecular weight excluding hydrogens is 258 g/mol. The largest absolute Gasteiger partial charge is 0.507 e. The maximum absolute atomic E-state index is 12.1. The molecule has 0 radical (unpaired) electrons. The van der Waals surface area contributed by atoms with Gasteiger partial charge in [0, 0.05) is 10.6 Å². The average Bonchev–Trinajstić information content (AvgIpc) is 2.41. The van der Waals surface area contributed by atoms with Gasteiger partial charge in [0.25, 0.3) is 5.91 Å². The van der Waals surface area contributed by atoms with Crippen molar-refractivity contribution in [1.82, 2.24) is 0 Å². The monoisotopic (exact) mass is 273 g/mol. The molecule has 0 aliphatic carbocycles. The Bertz CT molecular complexity index is 611. The number of hydrogen-bond acceptors (Lipinski definition) is 3. The van der Waals surface area contributed by atoms with Crippen LogP contribution < -0.4 is 5.32 Å². The van der Waals surface area contributed by atoms with Crippen molar-refractivity contribution in [3.05, 3.63) is 53.6 Å². The molecule has 2 aromatic carbocycles. The number of nitrogens with one attached hydrogen (secondary N) is 1. The van der Waals surface area contributed by atoms with Gasteiger partial charge < -0.3 is 10.4 Å². The molecule has 98 valence electrons. The standard InChI is InChI=1S/C15H15NO2S/c1-10-6-7-14(17)13(8-10)15(18)16-11-4-3-5-12(9-11)19-2/h3-9,17H,1-2H3,(H,16,18). The second-order valence-corrected chi connectivity index (χ2v) is 5.09. The van der Waals surface area contributed by atoms with Crippen molar-refractivity contribution in [1.29, 1.82) is 0 Å². The molecule has 1 amide bonds. The van der Waals surface area contributed by atoms with E-state index in [1.54, 1.807) is 23.9 Å². The van der Waals surface area contributed by atoms with E-state index in [4.69, 9.17) is 0 Å². The number of aromatic hydroxyl groups is 1. The molecule has 0 saturated carbocycles. The van der Waals surface area contributed by atoms with E-state index in [2.05, 4.69) is 5.32 Å². The van der Waals surface area contributed by atoms with Crippen LogP contribution in [0.5, 0.6) is 5.75 Å². The number of thioether (sulfide) groups is 1. The van der Waals surface area contributed by atoms with Crippen molar-refractivity contribution in [2.75, 3.05) is 11.6 Å². The molecule has 2 N–H and O–H groups in total. The van der Waals surface area contributed by atoms with Crippen molar-refractivity contribution in [2.45, 2.75) is 11.8 Å². The van der Waals surface area contributed by atoms with Crippen molar-refractivity contribution in [3.63, 3.8) is 0 Å². The normalized spacial score (nSPS) is 10.2. The summed E-state index contributed by atoms with van der Waals surface area (Å²) in [7, 11) is 0. The summed E-state index contributed by atoms with van der Waals surface area (Å²) in [6.45, 7) is 1.88. The van der Waals surface area contributed by atoms with Crippen LogP contribution in [-0.2, 0) is 0 Å². The lowest BCUT2D eigenvalue weighted by molar-refractivity contribution is 0.102. The summed E-state index contributed by atoms with van der Waals surface area (Å²) in [6.07, 6.45) is 1.98. The first kappa shape index (κ1) is 13.5. The van der Waals surface area contributed by atoms with E-state index in [0.29, 0.717) is 0 Å². The zero-order chi connectivity index (χ0) is 13.8. The van der Waals surface area contributed by atoms with Crippen LogP contribution in [0.1, 0.15) is 15.9 Å². The van der Waals surface area contributed by atoms with Crippen molar-refractivity contribution < 1.29 is 9.90 Å². The first-order chi connectivity index (χ1) is 9.10. The van der Waals surface area contributed by atoms with Gasteiger partial charge in [0.15, 0.2) is 0 Å². The van der Waals surface area contributed by atoms with Gasteiger partial charge in [0.1, 0.15) is 5.75 Å². The molecule has 0 aromatic heterocycles. The first-order valence-corrected chi connectivity index (χ1v) is 7.07. The smallest absolute Gasteiger partial charge is 0.259 e. The quantitative estimate of drug-likeness (QED) is 0.839. The topological polar surface area (TPSA) is 49.3 Å². The SMILES string of the molecule is CSc1cccc(NC(=O)c2cc(C)ccc2O)c1. The van der Waals surface area contributed by atoms with E-state index < -0.39 is 0 Å². The molecule has 0 unspecified atom stereocenters. The average molecular weight is 273 g/mol. The Morgan fingerprint density at radius 1 is 1.21 bits per heavy atom. The van der Waals surface area contributed by atoms with Crippen LogP contribution in [0, 0.1) is 6.92 Å². The number of amides is 1. The van der Waals surface area contributed by atoms with Crippen molar-refractivity contribution in [3.8, 4) is 5.75 Å². The molecule has 4 heteroatoms. The number of aryl methyl sites for hydroxylation is 1. The summed E-state index contributed by atoms with van der Waals surface area (Å²) < 4.78 is 0. The zero-order valence-electron chi connectivity index (χ0n) is 10.8. The highest BCUT2D eigenvalue weighted by Gasteiger charge is 2.11. The Hall–Kier alpha value is -1.94. The highest BCUT2D eigenvalue weighted by Crippen LogP contribution is 2.22. The second kappa shape index (κ2) is 5.80. The number of phenols is 1. The van der Waals surface area contributed by atoms with Gasteiger partial charge in [-0.1, -0.05) is 17.7 Å². The summed E-state index contributed by atoms with van der Waals surface area (Å²) in [6, 6.07) is 12.5. The van der Waals surface area contributed by atoms with E-state index in [-0.39, 0.29) is 17.2 Å². The summed E-state index contributed by atoms with van der Waals surface area (Å²) >= 11 is 1.61. The third kappa shape index (κ3) is 3.29. The summed E-state index contributed by atoms with van der Waals surface area (Å²) in [5.41, 5.74) is 1.94. The van der Waals surface area contributed by atoms with Gasteiger partial charge in [-0.05, 0) is 43.5 Å². The van der Waals surface area contributed by atoms with Gasteiger partial charge in [-0.15, -0.1) is 11.8 Å². The molecule has 0 aliphatic rings. The predicted octanol–water partition coefficient (Wildman–Crippen LogP) is 3.67. The molecule has 0 saturated heterocycles. The molecule has 3 nitrogen and oxygen atoms in total. The molecule has 0 heterocycles. The Labute approximate surface area is 116 Å². The van der Waals surface area contributed by atoms with Crippen LogP contribution in [0.25, 0.3) is 0 Å². The van der Waals surface area contributed by atoms with E-state index in [1.807, 2.05) is 37.4 Å². The number of rotatable bonds is 3. The molecular formula is C15H15NO2S. The van der Waals surface area contributed by atoms with Gasteiger partial charge in [-0.25, -0.2) is 0 Å². The molecule has 19 heavy (non-hydrogen) atoms. The first-order valence-electron chi connectivity index (χ1n) is 5.85. The van der Waals surface area contributed by atoms with Crippen LogP contribution in [0.3, 0.4) is 0 Å². The third-order valence-corrected chi connectivity index (χ3v) is 3.45.